The van der Waals surface area contributed by atoms with E-state index in [0.29, 0.717) is 0 Å². The molecule has 202 valence electrons. The summed E-state index contributed by atoms with van der Waals surface area (Å²) in [4.78, 5) is 14.9. The summed E-state index contributed by atoms with van der Waals surface area (Å²) in [5.41, 5.74) is 10.5. The van der Waals surface area contributed by atoms with Crippen molar-refractivity contribution < 1.29 is 21.1 Å². The van der Waals surface area contributed by atoms with Crippen LogP contribution in [-0.2, 0) is 31.9 Å². The van der Waals surface area contributed by atoms with Gasteiger partial charge in [-0.3, -0.25) is 9.97 Å². The van der Waals surface area contributed by atoms with Gasteiger partial charge in [0.1, 0.15) is 0 Å². The fraction of sp³-hybridized carbons (Fsp3) is 0.222. The summed E-state index contributed by atoms with van der Waals surface area (Å²) in [6.07, 6.45) is 3.85. The molecule has 0 aliphatic rings. The van der Waals surface area contributed by atoms with Crippen molar-refractivity contribution in [1.29, 1.82) is 0 Å². The van der Waals surface area contributed by atoms with Crippen LogP contribution in [0.3, 0.4) is 0 Å². The molecule has 4 heteroatoms. The van der Waals surface area contributed by atoms with Crippen LogP contribution in [0.2, 0.25) is 0 Å². The summed E-state index contributed by atoms with van der Waals surface area (Å²) in [7, 11) is 0. The smallest absolute Gasteiger partial charge is 0.662 e. The standard InChI is InChI=1S/C36H33N3.Pt/c1-35(2,3)25-21-30(36(4,5)6)34(38-22-25)29-17-11-16-28-27-15-10-14-26(32(27)39-33(28)29)23-12-9-13-24(20-23)31-18-7-8-19-37-31;/h7-19,21-22H,1-6H3;/q-2;+2. The van der Waals surface area contributed by atoms with Gasteiger partial charge in [0.2, 0.25) is 0 Å². The van der Waals surface area contributed by atoms with Crippen molar-refractivity contribution >= 4 is 21.8 Å². The number of hydrogen-bond donors (Lipinski definition) is 0. The molecule has 6 aromatic rings. The predicted molar refractivity (Wildman–Crippen MR) is 163 cm³/mol. The quantitative estimate of drug-likeness (QED) is 0.173. The number of pyridine rings is 2. The third-order valence-corrected chi connectivity index (χ3v) is 7.43. The Morgan fingerprint density at radius 2 is 1.30 bits per heavy atom. The van der Waals surface area contributed by atoms with Crippen molar-refractivity contribution in [2.24, 2.45) is 0 Å². The van der Waals surface area contributed by atoms with Gasteiger partial charge in [-0.25, -0.2) is 0 Å². The number of aromatic nitrogens is 3. The molecule has 6 rings (SSSR count). The zero-order valence-corrected chi connectivity index (χ0v) is 26.1. The Kier molecular flexibility index (Phi) is 7.31. The van der Waals surface area contributed by atoms with Gasteiger partial charge in [0, 0.05) is 18.1 Å². The van der Waals surface area contributed by atoms with Crippen LogP contribution < -0.4 is 4.98 Å². The van der Waals surface area contributed by atoms with Gasteiger partial charge in [0.25, 0.3) is 0 Å². The van der Waals surface area contributed by atoms with E-state index < -0.39 is 0 Å². The van der Waals surface area contributed by atoms with Gasteiger partial charge in [0.15, 0.2) is 0 Å². The zero-order valence-electron chi connectivity index (χ0n) is 23.8. The van der Waals surface area contributed by atoms with Gasteiger partial charge in [0.05, 0.1) is 5.69 Å². The molecule has 3 nitrogen and oxygen atoms in total. The molecule has 0 radical (unpaired) electrons. The van der Waals surface area contributed by atoms with Crippen molar-refractivity contribution in [2.45, 2.75) is 52.4 Å². The molecule has 0 spiro atoms. The van der Waals surface area contributed by atoms with E-state index in [4.69, 9.17) is 9.97 Å². The number of rotatable bonds is 3. The van der Waals surface area contributed by atoms with E-state index >= 15 is 0 Å². The van der Waals surface area contributed by atoms with Crippen molar-refractivity contribution in [2.75, 3.05) is 0 Å². The van der Waals surface area contributed by atoms with Gasteiger partial charge in [-0.15, -0.1) is 35.3 Å². The van der Waals surface area contributed by atoms with Crippen molar-refractivity contribution in [3.8, 4) is 33.6 Å². The molecule has 3 aromatic heterocycles. The molecular weight excluding hydrogens is 669 g/mol. The number of hydrogen-bond acceptors (Lipinski definition) is 2. The molecule has 0 saturated carbocycles. The molecule has 3 aromatic carbocycles. The Balaban J connectivity index is 0.00000323. The molecule has 0 saturated heterocycles. The van der Waals surface area contributed by atoms with Crippen LogP contribution in [0.25, 0.3) is 55.4 Å². The van der Waals surface area contributed by atoms with E-state index in [0.717, 1.165) is 55.4 Å². The van der Waals surface area contributed by atoms with Gasteiger partial charge >= 0.3 is 21.1 Å². The van der Waals surface area contributed by atoms with E-state index in [2.05, 4.69) is 113 Å². The second kappa shape index (κ2) is 10.4. The second-order valence-electron chi connectivity index (χ2n) is 12.3. The summed E-state index contributed by atoms with van der Waals surface area (Å²) >= 11 is 0. The SMILES string of the molecule is CC(C)(C)c1cnc(-c2cccc3c2[n-]c2c(-c4[c-]c(-c5ccccn5)ccc4)cccc23)c(C(C)(C)C)c1.[Pt+2]. The van der Waals surface area contributed by atoms with Crippen molar-refractivity contribution in [1.82, 2.24) is 15.0 Å². The van der Waals surface area contributed by atoms with Crippen LogP contribution in [-0.4, -0.2) is 9.97 Å². The first-order chi connectivity index (χ1) is 18.6. The van der Waals surface area contributed by atoms with Crippen molar-refractivity contribution in [3.63, 3.8) is 0 Å². The zero-order chi connectivity index (χ0) is 27.4. The molecule has 0 aliphatic carbocycles. The number of nitrogens with zero attached hydrogens (tertiary/aromatic N) is 3. The Labute approximate surface area is 251 Å². The summed E-state index contributed by atoms with van der Waals surface area (Å²) < 4.78 is 0. The van der Waals surface area contributed by atoms with Crippen LogP contribution in [0, 0.1) is 6.07 Å². The number of fused-ring (bicyclic) bond motifs is 3. The minimum atomic E-state index is -0.0657. The van der Waals surface area contributed by atoms with Crippen molar-refractivity contribution in [3.05, 3.63) is 108 Å². The topological polar surface area (TPSA) is 39.9 Å². The Bertz CT molecular complexity index is 1820. The molecule has 0 fully saturated rings. The average Bonchev–Trinajstić information content (AvgIpc) is 3.31. The Morgan fingerprint density at radius 1 is 0.650 bits per heavy atom. The number of para-hydroxylation sites is 2. The summed E-state index contributed by atoms with van der Waals surface area (Å²) in [5.74, 6) is 0. The van der Waals surface area contributed by atoms with Crippen LogP contribution in [0.4, 0.5) is 0 Å². The molecule has 0 amide bonds. The summed E-state index contributed by atoms with van der Waals surface area (Å²) in [5, 5.41) is 2.29. The molecule has 3 heterocycles. The van der Waals surface area contributed by atoms with E-state index in [1.807, 2.05) is 30.6 Å². The maximum absolute atomic E-state index is 5.29. The minimum Gasteiger partial charge on any atom is -0.662 e. The molecule has 0 bridgehead atoms. The third kappa shape index (κ3) is 5.04. The normalized spacial score (nSPS) is 12.1. The minimum absolute atomic E-state index is 0. The van der Waals surface area contributed by atoms with Gasteiger partial charge in [-0.05, 0) is 44.4 Å². The summed E-state index contributed by atoms with van der Waals surface area (Å²) in [6, 6.07) is 31.0. The second-order valence-corrected chi connectivity index (χ2v) is 12.3. The van der Waals surface area contributed by atoms with Gasteiger partial charge in [-0.2, -0.15) is 5.52 Å². The maximum atomic E-state index is 5.29. The first-order valence-corrected chi connectivity index (χ1v) is 13.5. The predicted octanol–water partition coefficient (Wildman–Crippen LogP) is 9.13. The van der Waals surface area contributed by atoms with Crippen LogP contribution in [0.5, 0.6) is 0 Å². The summed E-state index contributed by atoms with van der Waals surface area (Å²) in [6.45, 7) is 13.5. The van der Waals surface area contributed by atoms with Crippen LogP contribution in [0.15, 0.2) is 91.3 Å². The van der Waals surface area contributed by atoms with E-state index in [1.54, 1.807) is 0 Å². The van der Waals surface area contributed by atoms with Gasteiger partial charge < -0.3 is 4.98 Å². The largest absolute Gasteiger partial charge is 2.00 e. The van der Waals surface area contributed by atoms with Gasteiger partial charge in [-0.1, -0.05) is 107 Å². The first kappa shape index (κ1) is 28.0. The monoisotopic (exact) mass is 702 g/mol. The Morgan fingerprint density at radius 3 is 1.95 bits per heavy atom. The molecule has 0 unspecified atom stereocenters. The molecule has 0 aliphatic heterocycles. The molecular formula is C36H33N3Pt. The molecule has 40 heavy (non-hydrogen) atoms. The number of benzene rings is 3. The molecule has 0 N–H and O–H groups in total. The van der Waals surface area contributed by atoms with E-state index in [9.17, 15) is 0 Å². The third-order valence-electron chi connectivity index (χ3n) is 7.43. The first-order valence-electron chi connectivity index (χ1n) is 13.5. The van der Waals surface area contributed by atoms with Crippen LogP contribution >= 0.6 is 0 Å². The van der Waals surface area contributed by atoms with Crippen LogP contribution in [0.1, 0.15) is 52.7 Å². The Hall–Kier alpha value is -3.55. The average molecular weight is 703 g/mol. The maximum Gasteiger partial charge on any atom is 2.00 e. The van der Waals surface area contributed by atoms with E-state index in [-0.39, 0.29) is 31.9 Å². The van der Waals surface area contributed by atoms with E-state index in [1.165, 1.54) is 11.1 Å². The molecule has 0 atom stereocenters. The fourth-order valence-corrected chi connectivity index (χ4v) is 5.24. The fourth-order valence-electron chi connectivity index (χ4n) is 5.24.